The molecule has 0 spiro atoms. The summed E-state index contributed by atoms with van der Waals surface area (Å²) in [5, 5.41) is 25.2. The van der Waals surface area contributed by atoms with Crippen molar-refractivity contribution >= 4 is 54.0 Å². The van der Waals surface area contributed by atoms with Gasteiger partial charge in [0.25, 0.3) is 0 Å². The number of carbonyl (C=O) groups excluding carboxylic acids is 6. The maximum Gasteiger partial charge on any atom is 0.326 e. The second kappa shape index (κ2) is 27.1. The van der Waals surface area contributed by atoms with Gasteiger partial charge in [0.15, 0.2) is 0 Å². The Morgan fingerprint density at radius 3 is 1.34 bits per heavy atom. The zero-order chi connectivity index (χ0) is 40.7. The van der Waals surface area contributed by atoms with E-state index in [0.29, 0.717) is 64.6 Å². The molecule has 0 saturated carbocycles. The number of amides is 6. The average Bonchev–Trinajstić information content (AvgIpc) is 3.09. The predicted molar refractivity (Wildman–Crippen MR) is 205 cm³/mol. The van der Waals surface area contributed by atoms with E-state index in [1.807, 2.05) is 0 Å². The first-order valence-corrected chi connectivity index (χ1v) is 19.1. The highest BCUT2D eigenvalue weighted by atomic mass is 32.1. The Balaban J connectivity index is 5.72. The highest BCUT2D eigenvalue weighted by Gasteiger charge is 2.34. The van der Waals surface area contributed by atoms with Crippen LogP contribution in [0.3, 0.4) is 0 Å². The van der Waals surface area contributed by atoms with Gasteiger partial charge in [-0.3, -0.25) is 28.8 Å². The molecule has 7 atom stereocenters. The lowest BCUT2D eigenvalue weighted by Crippen LogP contribution is -2.61. The molecule has 0 saturated heterocycles. The SMILES string of the molecule is CC(C)[C@H](NC(=O)[C@H](C)NC(=O)[C@@H](N)CCCCN)C(=O)N[C@@H](CS)C(=O)N[C@H](C(=O)N[C@@H](CCCCN)C(=O)N[C@@H](CCCCN)C(=O)O)C(C)C. The van der Waals surface area contributed by atoms with E-state index in [1.165, 1.54) is 6.92 Å². The molecule has 0 unspecified atom stereocenters. The molecule has 0 rings (SSSR count). The normalized spacial score (nSPS) is 15.2. The van der Waals surface area contributed by atoms with Crippen molar-refractivity contribution in [3.63, 3.8) is 0 Å². The Morgan fingerprint density at radius 2 is 0.906 bits per heavy atom. The lowest BCUT2D eigenvalue weighted by Gasteiger charge is -2.29. The first-order valence-electron chi connectivity index (χ1n) is 18.5. The third-order valence-electron chi connectivity index (χ3n) is 8.51. The van der Waals surface area contributed by atoms with Crippen molar-refractivity contribution in [2.24, 2.45) is 34.8 Å². The fourth-order valence-corrected chi connectivity index (χ4v) is 5.39. The third-order valence-corrected chi connectivity index (χ3v) is 8.87. The Labute approximate surface area is 319 Å². The number of rotatable bonds is 28. The van der Waals surface area contributed by atoms with Crippen molar-refractivity contribution in [2.75, 3.05) is 25.4 Å². The second-order valence-corrected chi connectivity index (χ2v) is 14.2. The molecule has 0 fully saturated rings. The first-order chi connectivity index (χ1) is 24.9. The number of thiol groups is 1. The molecule has 0 aliphatic heterocycles. The Morgan fingerprint density at radius 1 is 0.509 bits per heavy atom. The number of carboxylic acid groups (broad SMARTS) is 1. The molecular formula is C34H66N10O8S. The van der Waals surface area contributed by atoms with Gasteiger partial charge in [0.1, 0.15) is 36.3 Å². The van der Waals surface area contributed by atoms with E-state index in [-0.39, 0.29) is 18.6 Å². The molecule has 0 aromatic rings. The summed E-state index contributed by atoms with van der Waals surface area (Å²) in [4.78, 5) is 90.8. The van der Waals surface area contributed by atoms with Crippen LogP contribution in [0.4, 0.5) is 0 Å². The van der Waals surface area contributed by atoms with Crippen LogP contribution in [0.25, 0.3) is 0 Å². The topological polar surface area (TPSA) is 316 Å². The summed E-state index contributed by atoms with van der Waals surface area (Å²) in [7, 11) is 0. The van der Waals surface area contributed by atoms with E-state index in [0.717, 1.165) is 0 Å². The van der Waals surface area contributed by atoms with Gasteiger partial charge in [-0.25, -0.2) is 4.79 Å². The van der Waals surface area contributed by atoms with Gasteiger partial charge in [0, 0.05) is 5.75 Å². The fourth-order valence-electron chi connectivity index (χ4n) is 5.13. The lowest BCUT2D eigenvalue weighted by molar-refractivity contribution is -0.142. The van der Waals surface area contributed by atoms with Crippen LogP contribution in [0.2, 0.25) is 0 Å². The van der Waals surface area contributed by atoms with Gasteiger partial charge in [-0.15, -0.1) is 0 Å². The molecule has 0 bridgehead atoms. The van der Waals surface area contributed by atoms with Gasteiger partial charge >= 0.3 is 5.97 Å². The van der Waals surface area contributed by atoms with Gasteiger partial charge in [-0.1, -0.05) is 34.1 Å². The third kappa shape index (κ3) is 19.4. The maximum absolute atomic E-state index is 13.5. The van der Waals surface area contributed by atoms with Gasteiger partial charge in [0.2, 0.25) is 35.4 Å². The molecule has 306 valence electrons. The van der Waals surface area contributed by atoms with Crippen LogP contribution in [0, 0.1) is 11.8 Å². The number of hydrogen-bond donors (Lipinski definition) is 12. The molecule has 6 amide bonds. The molecule has 0 heterocycles. The van der Waals surface area contributed by atoms with Crippen LogP contribution in [0.1, 0.15) is 92.4 Å². The number of carboxylic acids is 1. The first kappa shape index (κ1) is 49.5. The minimum Gasteiger partial charge on any atom is -0.480 e. The van der Waals surface area contributed by atoms with Crippen molar-refractivity contribution < 1.29 is 38.7 Å². The average molecular weight is 775 g/mol. The summed E-state index contributed by atoms with van der Waals surface area (Å²) in [6, 6.07) is -7.62. The monoisotopic (exact) mass is 774 g/mol. The van der Waals surface area contributed by atoms with Crippen LogP contribution in [0.15, 0.2) is 0 Å². The van der Waals surface area contributed by atoms with Crippen LogP contribution in [0.5, 0.6) is 0 Å². The van der Waals surface area contributed by atoms with E-state index >= 15 is 0 Å². The zero-order valence-corrected chi connectivity index (χ0v) is 32.8. The van der Waals surface area contributed by atoms with Crippen LogP contribution in [-0.2, 0) is 33.6 Å². The standard InChI is InChI=1S/C34H66N10O8S/c1-19(2)26(43-28(45)21(5)39-29(46)22(38)12-6-9-15-35)33(50)42-25(18-53)31(48)44-27(20(3)4)32(49)40-23(13-7-10-16-36)30(47)41-24(34(51)52)14-8-11-17-37/h19-27,53H,6-18,35-38H2,1-5H3,(H,39,46)(H,40,49)(H,41,47)(H,42,50)(H,43,45)(H,44,48)(H,51,52)/t21-,22-,23-,24-,25-,26-,27-/m0/s1. The van der Waals surface area contributed by atoms with E-state index < -0.39 is 95.5 Å². The molecule has 18 nitrogen and oxygen atoms in total. The number of unbranched alkanes of at least 4 members (excludes halogenated alkanes) is 3. The minimum absolute atomic E-state index is 0.158. The number of nitrogens with two attached hydrogens (primary N) is 4. The molecule has 0 aromatic carbocycles. The van der Waals surface area contributed by atoms with Crippen molar-refractivity contribution in [2.45, 2.75) is 135 Å². The van der Waals surface area contributed by atoms with E-state index in [9.17, 15) is 38.7 Å². The summed E-state index contributed by atoms with van der Waals surface area (Å²) in [6.07, 6.45) is 4.17. The Bertz CT molecular complexity index is 1180. The largest absolute Gasteiger partial charge is 0.480 e. The summed E-state index contributed by atoms with van der Waals surface area (Å²) >= 11 is 4.23. The molecule has 53 heavy (non-hydrogen) atoms. The lowest BCUT2D eigenvalue weighted by atomic mass is 10.0. The summed E-state index contributed by atoms with van der Waals surface area (Å²) < 4.78 is 0. The van der Waals surface area contributed by atoms with Crippen molar-refractivity contribution in [1.82, 2.24) is 31.9 Å². The van der Waals surface area contributed by atoms with E-state index in [1.54, 1.807) is 27.7 Å². The van der Waals surface area contributed by atoms with Crippen molar-refractivity contribution in [3.8, 4) is 0 Å². The molecule has 0 aromatic heterocycles. The molecular weight excluding hydrogens is 709 g/mol. The predicted octanol–water partition coefficient (Wildman–Crippen LogP) is -2.04. The van der Waals surface area contributed by atoms with E-state index in [2.05, 4.69) is 44.5 Å². The molecule has 15 N–H and O–H groups in total. The van der Waals surface area contributed by atoms with E-state index in [4.69, 9.17) is 22.9 Å². The molecule has 0 aliphatic rings. The number of carbonyl (C=O) groups is 7. The maximum atomic E-state index is 13.5. The van der Waals surface area contributed by atoms with Crippen molar-refractivity contribution in [3.05, 3.63) is 0 Å². The number of nitrogens with one attached hydrogen (secondary N) is 6. The summed E-state index contributed by atoms with van der Waals surface area (Å²) in [6.45, 7) is 9.39. The highest BCUT2D eigenvalue weighted by Crippen LogP contribution is 2.10. The molecule has 0 radical (unpaired) electrons. The molecule has 0 aliphatic carbocycles. The second-order valence-electron chi connectivity index (χ2n) is 13.9. The van der Waals surface area contributed by atoms with Crippen LogP contribution < -0.4 is 54.8 Å². The van der Waals surface area contributed by atoms with Gasteiger partial charge < -0.3 is 59.9 Å². The van der Waals surface area contributed by atoms with Crippen molar-refractivity contribution in [1.29, 1.82) is 0 Å². The smallest absolute Gasteiger partial charge is 0.326 e. The minimum atomic E-state index is -1.23. The number of aliphatic carboxylic acids is 1. The molecule has 19 heteroatoms. The Kier molecular flexibility index (Phi) is 25.3. The van der Waals surface area contributed by atoms with Crippen LogP contribution in [-0.4, -0.2) is 114 Å². The van der Waals surface area contributed by atoms with Gasteiger partial charge in [-0.05, 0) is 89.8 Å². The Hall–Kier alpha value is -3.52. The fraction of sp³-hybridized carbons (Fsp3) is 0.794. The number of hydrogen-bond acceptors (Lipinski definition) is 12. The summed E-state index contributed by atoms with van der Waals surface area (Å²) in [5.41, 5.74) is 22.5. The quantitative estimate of drug-likeness (QED) is 0.0302. The van der Waals surface area contributed by atoms with Gasteiger partial charge in [0.05, 0.1) is 6.04 Å². The zero-order valence-electron chi connectivity index (χ0n) is 32.0. The highest BCUT2D eigenvalue weighted by molar-refractivity contribution is 7.80. The van der Waals surface area contributed by atoms with Crippen LogP contribution >= 0.6 is 12.6 Å². The summed E-state index contributed by atoms with van der Waals surface area (Å²) in [5.74, 6) is -6.26. The van der Waals surface area contributed by atoms with Gasteiger partial charge in [-0.2, -0.15) is 12.6 Å².